The van der Waals surface area contributed by atoms with Crippen molar-refractivity contribution >= 4 is 16.6 Å². The lowest BCUT2D eigenvalue weighted by molar-refractivity contribution is 0.890. The Morgan fingerprint density at radius 3 is 2.56 bits per heavy atom. The lowest BCUT2D eigenvalue weighted by atomic mass is 10.0. The zero-order valence-corrected chi connectivity index (χ0v) is 10.2. The fourth-order valence-corrected chi connectivity index (χ4v) is 2.12. The average molecular weight is 214 g/mol. The number of rotatable bonds is 2. The molecule has 2 N–H and O–H groups in total. The standard InChI is InChI=1S/C14H18N2/c1-4-5-11-8-12(15)13-9(2)6-7-10(3)14(13)16-11/h6-8H,4-5H2,1-3H3,(H2,15,16). The molecule has 0 spiro atoms. The summed E-state index contributed by atoms with van der Waals surface area (Å²) in [6.45, 7) is 6.33. The van der Waals surface area contributed by atoms with Crippen molar-refractivity contribution in [3.8, 4) is 0 Å². The smallest absolute Gasteiger partial charge is 0.0757 e. The van der Waals surface area contributed by atoms with E-state index >= 15 is 0 Å². The van der Waals surface area contributed by atoms with E-state index < -0.39 is 0 Å². The number of anilines is 1. The van der Waals surface area contributed by atoms with Gasteiger partial charge in [0.2, 0.25) is 0 Å². The largest absolute Gasteiger partial charge is 0.398 e. The maximum atomic E-state index is 6.12. The normalized spacial score (nSPS) is 10.9. The van der Waals surface area contributed by atoms with Crippen LogP contribution in [-0.2, 0) is 6.42 Å². The van der Waals surface area contributed by atoms with Gasteiger partial charge >= 0.3 is 0 Å². The van der Waals surface area contributed by atoms with Crippen LogP contribution >= 0.6 is 0 Å². The van der Waals surface area contributed by atoms with E-state index in [9.17, 15) is 0 Å². The molecular weight excluding hydrogens is 196 g/mol. The zero-order valence-electron chi connectivity index (χ0n) is 10.2. The molecule has 0 atom stereocenters. The van der Waals surface area contributed by atoms with Gasteiger partial charge in [-0.15, -0.1) is 0 Å². The second-order valence-electron chi connectivity index (χ2n) is 4.38. The number of fused-ring (bicyclic) bond motifs is 1. The molecule has 2 heteroatoms. The second kappa shape index (κ2) is 4.12. The molecule has 1 aromatic heterocycles. The van der Waals surface area contributed by atoms with Crippen LogP contribution in [0, 0.1) is 13.8 Å². The summed E-state index contributed by atoms with van der Waals surface area (Å²) >= 11 is 0. The third-order valence-electron chi connectivity index (χ3n) is 2.96. The van der Waals surface area contributed by atoms with Gasteiger partial charge in [0.1, 0.15) is 0 Å². The molecule has 0 amide bonds. The van der Waals surface area contributed by atoms with Crippen LogP contribution in [0.2, 0.25) is 0 Å². The fourth-order valence-electron chi connectivity index (χ4n) is 2.12. The van der Waals surface area contributed by atoms with Crippen LogP contribution in [0.15, 0.2) is 18.2 Å². The van der Waals surface area contributed by atoms with Gasteiger partial charge in [0.15, 0.2) is 0 Å². The van der Waals surface area contributed by atoms with Crippen molar-refractivity contribution in [2.45, 2.75) is 33.6 Å². The van der Waals surface area contributed by atoms with E-state index in [-0.39, 0.29) is 0 Å². The number of aromatic nitrogens is 1. The molecule has 0 aliphatic carbocycles. The lowest BCUT2D eigenvalue weighted by Gasteiger charge is -2.10. The maximum absolute atomic E-state index is 6.12. The predicted molar refractivity (Wildman–Crippen MR) is 69.6 cm³/mol. The van der Waals surface area contributed by atoms with Gasteiger partial charge in [-0.1, -0.05) is 25.5 Å². The molecule has 0 bridgehead atoms. The third-order valence-corrected chi connectivity index (χ3v) is 2.96. The molecule has 1 aromatic carbocycles. The quantitative estimate of drug-likeness (QED) is 0.832. The van der Waals surface area contributed by atoms with Gasteiger partial charge in [-0.05, 0) is 37.5 Å². The molecule has 0 aliphatic rings. The van der Waals surface area contributed by atoms with E-state index in [2.05, 4.69) is 32.9 Å². The molecule has 0 aliphatic heterocycles. The first-order chi connectivity index (χ1) is 7.63. The van der Waals surface area contributed by atoms with Crippen molar-refractivity contribution in [2.24, 2.45) is 0 Å². The molecule has 0 fully saturated rings. The summed E-state index contributed by atoms with van der Waals surface area (Å²) in [5.41, 5.74) is 11.5. The number of benzene rings is 1. The molecule has 84 valence electrons. The minimum absolute atomic E-state index is 0.856. The first-order valence-corrected chi connectivity index (χ1v) is 5.78. The van der Waals surface area contributed by atoms with Crippen molar-refractivity contribution < 1.29 is 0 Å². The Bertz CT molecular complexity index is 530. The van der Waals surface area contributed by atoms with E-state index in [1.807, 2.05) is 6.07 Å². The van der Waals surface area contributed by atoms with Crippen molar-refractivity contribution in [1.82, 2.24) is 4.98 Å². The Labute approximate surface area is 96.5 Å². The first kappa shape index (κ1) is 10.9. The summed E-state index contributed by atoms with van der Waals surface area (Å²) in [5, 5.41) is 1.11. The topological polar surface area (TPSA) is 38.9 Å². The number of aryl methyl sites for hydroxylation is 3. The van der Waals surface area contributed by atoms with Gasteiger partial charge in [0, 0.05) is 16.8 Å². The number of hydrogen-bond acceptors (Lipinski definition) is 2. The van der Waals surface area contributed by atoms with Crippen molar-refractivity contribution in [3.63, 3.8) is 0 Å². The van der Waals surface area contributed by atoms with E-state index in [1.54, 1.807) is 0 Å². The molecule has 0 saturated carbocycles. The van der Waals surface area contributed by atoms with Crippen molar-refractivity contribution in [3.05, 3.63) is 35.0 Å². The van der Waals surface area contributed by atoms with Crippen LogP contribution in [-0.4, -0.2) is 4.98 Å². The lowest BCUT2D eigenvalue weighted by Crippen LogP contribution is -1.98. The van der Waals surface area contributed by atoms with E-state index in [1.165, 1.54) is 11.1 Å². The van der Waals surface area contributed by atoms with Gasteiger partial charge in [-0.25, -0.2) is 0 Å². The van der Waals surface area contributed by atoms with E-state index in [0.717, 1.165) is 35.1 Å². The highest BCUT2D eigenvalue weighted by Gasteiger charge is 2.07. The molecule has 2 rings (SSSR count). The highest BCUT2D eigenvalue weighted by Crippen LogP contribution is 2.26. The SMILES string of the molecule is CCCc1cc(N)c2c(C)ccc(C)c2n1. The second-order valence-corrected chi connectivity index (χ2v) is 4.38. The number of hydrogen-bond donors (Lipinski definition) is 1. The van der Waals surface area contributed by atoms with Gasteiger partial charge in [-0.3, -0.25) is 4.98 Å². The molecule has 2 aromatic rings. The number of nitrogens with two attached hydrogens (primary N) is 1. The Morgan fingerprint density at radius 2 is 1.88 bits per heavy atom. The summed E-state index contributed by atoms with van der Waals surface area (Å²) < 4.78 is 0. The highest BCUT2D eigenvalue weighted by atomic mass is 14.7. The Hall–Kier alpha value is -1.57. The first-order valence-electron chi connectivity index (χ1n) is 5.78. The van der Waals surface area contributed by atoms with Crippen LogP contribution in [0.1, 0.15) is 30.2 Å². The summed E-state index contributed by atoms with van der Waals surface area (Å²) in [7, 11) is 0. The minimum Gasteiger partial charge on any atom is -0.398 e. The summed E-state index contributed by atoms with van der Waals surface area (Å²) in [6.07, 6.45) is 2.09. The predicted octanol–water partition coefficient (Wildman–Crippen LogP) is 3.39. The average Bonchev–Trinajstić information content (AvgIpc) is 2.23. The highest BCUT2D eigenvalue weighted by molar-refractivity contribution is 5.94. The zero-order chi connectivity index (χ0) is 11.7. The Morgan fingerprint density at radius 1 is 1.19 bits per heavy atom. The number of pyridine rings is 1. The monoisotopic (exact) mass is 214 g/mol. The van der Waals surface area contributed by atoms with Gasteiger partial charge in [0.25, 0.3) is 0 Å². The fraction of sp³-hybridized carbons (Fsp3) is 0.357. The molecule has 0 saturated heterocycles. The summed E-state index contributed by atoms with van der Waals surface area (Å²) in [5.74, 6) is 0. The Kier molecular flexibility index (Phi) is 2.82. The molecule has 0 unspecified atom stereocenters. The number of nitrogen functional groups attached to an aromatic ring is 1. The Balaban J connectivity index is 2.76. The van der Waals surface area contributed by atoms with Gasteiger partial charge in [0.05, 0.1) is 5.52 Å². The molecule has 16 heavy (non-hydrogen) atoms. The molecule has 0 radical (unpaired) electrons. The summed E-state index contributed by atoms with van der Waals surface area (Å²) in [4.78, 5) is 4.71. The van der Waals surface area contributed by atoms with Crippen LogP contribution < -0.4 is 5.73 Å². The maximum Gasteiger partial charge on any atom is 0.0757 e. The van der Waals surface area contributed by atoms with Crippen molar-refractivity contribution in [2.75, 3.05) is 5.73 Å². The number of nitrogens with zero attached hydrogens (tertiary/aromatic N) is 1. The van der Waals surface area contributed by atoms with Crippen LogP contribution in [0.5, 0.6) is 0 Å². The molecular formula is C14H18N2. The van der Waals surface area contributed by atoms with E-state index in [0.29, 0.717) is 0 Å². The van der Waals surface area contributed by atoms with E-state index in [4.69, 9.17) is 10.7 Å². The summed E-state index contributed by atoms with van der Waals surface area (Å²) in [6, 6.07) is 6.23. The van der Waals surface area contributed by atoms with Gasteiger partial charge < -0.3 is 5.73 Å². The molecule has 1 heterocycles. The van der Waals surface area contributed by atoms with Gasteiger partial charge in [-0.2, -0.15) is 0 Å². The van der Waals surface area contributed by atoms with Crippen LogP contribution in [0.3, 0.4) is 0 Å². The van der Waals surface area contributed by atoms with Crippen molar-refractivity contribution in [1.29, 1.82) is 0 Å². The van der Waals surface area contributed by atoms with Crippen LogP contribution in [0.4, 0.5) is 5.69 Å². The minimum atomic E-state index is 0.856. The molecule has 2 nitrogen and oxygen atoms in total. The van der Waals surface area contributed by atoms with Crippen LogP contribution in [0.25, 0.3) is 10.9 Å². The third kappa shape index (κ3) is 1.75.